The molecule has 0 aromatic heterocycles. The summed E-state index contributed by atoms with van der Waals surface area (Å²) in [6.45, 7) is 1.82. The van der Waals surface area contributed by atoms with Gasteiger partial charge in [-0.3, -0.25) is 0 Å². The van der Waals surface area contributed by atoms with Gasteiger partial charge in [-0.25, -0.2) is 0 Å². The topological polar surface area (TPSA) is 9.23 Å². The molecule has 0 atom stereocenters. The van der Waals surface area contributed by atoms with Crippen LogP contribution in [0.15, 0.2) is 0 Å². The molecule has 1 nitrogen and oxygen atoms in total. The molecule has 1 aliphatic rings. The van der Waals surface area contributed by atoms with Crippen LogP contribution < -0.4 is 29.6 Å². The van der Waals surface area contributed by atoms with E-state index in [1.165, 1.54) is 0 Å². The van der Waals surface area contributed by atoms with Gasteiger partial charge in [-0.05, 0) is 0 Å². The molecule has 0 N–H and O–H groups in total. The Morgan fingerprint density at radius 3 is 2.50 bits per heavy atom. The zero-order chi connectivity index (χ0) is 3.54. The monoisotopic (exact) mass is 94.0 g/mol. The van der Waals surface area contributed by atoms with Crippen LogP contribution in [0.1, 0.15) is 6.42 Å². The minimum Gasteiger partial charge on any atom is -0.416 e. The Kier molecular flexibility index (Phi) is 4.79. The largest absolute Gasteiger partial charge is 1.00 e. The van der Waals surface area contributed by atoms with Crippen LogP contribution in [0.5, 0.6) is 0 Å². The van der Waals surface area contributed by atoms with Crippen molar-refractivity contribution < 1.29 is 34.3 Å². The molecule has 1 fully saturated rings. The van der Waals surface area contributed by atoms with Gasteiger partial charge < -0.3 is 11.2 Å². The third kappa shape index (κ3) is 2.19. The van der Waals surface area contributed by atoms with Gasteiger partial charge in [0.05, 0.1) is 0 Å². The Hall–Kier alpha value is 0.960. The predicted octanol–water partition coefficient (Wildman–Crippen LogP) is -2.39. The van der Waals surface area contributed by atoms with Crippen molar-refractivity contribution in [2.45, 2.75) is 6.42 Å². The van der Waals surface area contributed by atoms with Gasteiger partial charge in [0, 0.05) is 6.61 Å². The fourth-order valence-electron chi connectivity index (χ4n) is 0.417. The van der Waals surface area contributed by atoms with Crippen molar-refractivity contribution in [2.24, 2.45) is 0 Å². The first-order chi connectivity index (χ1) is 2.50. The smallest absolute Gasteiger partial charge is 0.416 e. The maximum atomic E-state index is 4.89. The maximum Gasteiger partial charge on any atom is 1.00 e. The van der Waals surface area contributed by atoms with Crippen LogP contribution >= 0.6 is 0 Å². The van der Waals surface area contributed by atoms with E-state index in [1.807, 2.05) is 0 Å². The summed E-state index contributed by atoms with van der Waals surface area (Å²) in [6.07, 6.45) is 3.29. The van der Waals surface area contributed by atoms with E-state index in [9.17, 15) is 0 Å². The molecule has 2 heteroatoms. The van der Waals surface area contributed by atoms with Crippen molar-refractivity contribution in [3.63, 3.8) is 0 Å². The molecule has 0 radical (unpaired) electrons. The van der Waals surface area contributed by atoms with Crippen molar-refractivity contribution in [3.8, 4) is 0 Å². The second-order valence-corrected chi connectivity index (χ2v) is 1.15. The van der Waals surface area contributed by atoms with Gasteiger partial charge in [-0.2, -0.15) is 6.42 Å². The van der Waals surface area contributed by atoms with E-state index in [2.05, 4.69) is 6.42 Å². The van der Waals surface area contributed by atoms with E-state index in [-0.39, 0.29) is 29.6 Å². The normalized spacial score (nSPS) is 20.0. The minimum atomic E-state index is 0. The van der Waals surface area contributed by atoms with Crippen molar-refractivity contribution in [1.82, 2.24) is 0 Å². The molecule has 0 aromatic carbocycles. The van der Waals surface area contributed by atoms with Gasteiger partial charge in [-0.15, -0.1) is 0 Å². The second-order valence-electron chi connectivity index (χ2n) is 1.15. The Balaban J connectivity index is 0.000000250. The quantitative estimate of drug-likeness (QED) is 0.240. The number of ether oxygens (including phenoxy) is 1. The van der Waals surface area contributed by atoms with Gasteiger partial charge >= 0.3 is 29.6 Å². The average molecular weight is 94.1 g/mol. The van der Waals surface area contributed by atoms with E-state index >= 15 is 0 Å². The summed E-state index contributed by atoms with van der Waals surface area (Å²) in [6, 6.07) is 0. The minimum absolute atomic E-state index is 0. The molecule has 6 heavy (non-hydrogen) atoms. The van der Waals surface area contributed by atoms with Crippen LogP contribution in [-0.2, 0) is 4.74 Å². The predicted molar refractivity (Wildman–Crippen MR) is 19.7 cm³/mol. The fourth-order valence-corrected chi connectivity index (χ4v) is 0.417. The molecule has 1 saturated heterocycles. The van der Waals surface area contributed by atoms with E-state index in [1.54, 1.807) is 0 Å². The summed E-state index contributed by atoms with van der Waals surface area (Å²) in [7, 11) is 0. The zero-order valence-electron chi connectivity index (χ0n) is 4.11. The van der Waals surface area contributed by atoms with Gasteiger partial charge in [0.15, 0.2) is 0 Å². The summed E-state index contributed by atoms with van der Waals surface area (Å²) < 4.78 is 4.89. The Morgan fingerprint density at radius 1 is 1.50 bits per heavy atom. The molecule has 0 unspecified atom stereocenters. The van der Waals surface area contributed by atoms with Crippen LogP contribution in [0.4, 0.5) is 0 Å². The van der Waals surface area contributed by atoms with Crippen molar-refractivity contribution in [1.29, 1.82) is 0 Å². The Labute approximate surface area is 60.4 Å². The van der Waals surface area contributed by atoms with Crippen LogP contribution in [-0.4, -0.2) is 13.2 Å². The third-order valence-corrected chi connectivity index (χ3v) is 0.702. The summed E-state index contributed by atoms with van der Waals surface area (Å²) >= 11 is 0. The zero-order valence-corrected chi connectivity index (χ0v) is 6.11. The summed E-state index contributed by atoms with van der Waals surface area (Å²) in [4.78, 5) is 0. The fraction of sp³-hybridized carbons (Fsp3) is 0.750. The van der Waals surface area contributed by atoms with Crippen LogP contribution in [0.25, 0.3) is 0 Å². The molecule has 0 bridgehead atoms. The molecular weight excluding hydrogens is 87.0 g/mol. The summed E-state index contributed by atoms with van der Waals surface area (Å²) in [5.41, 5.74) is 0. The molecule has 1 rings (SSSR count). The molecule has 1 aliphatic heterocycles. The number of rotatable bonds is 0. The molecule has 1 heterocycles. The molecule has 0 aromatic rings. The van der Waals surface area contributed by atoms with Crippen LogP contribution in [0, 0.1) is 6.42 Å². The van der Waals surface area contributed by atoms with Crippen molar-refractivity contribution >= 4 is 0 Å². The van der Waals surface area contributed by atoms with Crippen molar-refractivity contribution in [2.75, 3.05) is 13.2 Å². The third-order valence-electron chi connectivity index (χ3n) is 0.702. The average Bonchev–Trinajstić information content (AvgIpc) is 1.76. The Bertz CT molecular complexity index is 19.1. The number of hydrogen-bond acceptors (Lipinski definition) is 1. The molecule has 0 spiro atoms. The van der Waals surface area contributed by atoms with Gasteiger partial charge in [-0.1, -0.05) is 6.61 Å². The van der Waals surface area contributed by atoms with E-state index in [0.29, 0.717) is 0 Å². The SMILES string of the molecule is [CH-]1CCOC1.[Na+]. The van der Waals surface area contributed by atoms with E-state index in [4.69, 9.17) is 4.74 Å². The first-order valence-corrected chi connectivity index (χ1v) is 1.89. The molecular formula is C4H7NaO. The first kappa shape index (κ1) is 6.96. The molecule has 0 aliphatic carbocycles. The number of hydrogen-bond donors (Lipinski definition) is 0. The summed E-state index contributed by atoms with van der Waals surface area (Å²) in [5, 5.41) is 0. The van der Waals surface area contributed by atoms with Crippen LogP contribution in [0.3, 0.4) is 0 Å². The molecule has 30 valence electrons. The van der Waals surface area contributed by atoms with Crippen LogP contribution in [0.2, 0.25) is 0 Å². The standard InChI is InChI=1S/C4H7O.Na/c1-2-4-5-3-1;/h1H,2-4H2;/q-1;+1. The maximum absolute atomic E-state index is 4.89. The van der Waals surface area contributed by atoms with Gasteiger partial charge in [0.2, 0.25) is 0 Å². The van der Waals surface area contributed by atoms with E-state index < -0.39 is 0 Å². The van der Waals surface area contributed by atoms with Gasteiger partial charge in [0.1, 0.15) is 0 Å². The Morgan fingerprint density at radius 2 is 2.33 bits per heavy atom. The first-order valence-electron chi connectivity index (χ1n) is 1.89. The van der Waals surface area contributed by atoms with E-state index in [0.717, 1.165) is 19.6 Å². The summed E-state index contributed by atoms with van der Waals surface area (Å²) in [5.74, 6) is 0. The molecule has 0 saturated carbocycles. The van der Waals surface area contributed by atoms with Gasteiger partial charge in [0.25, 0.3) is 0 Å². The molecule has 0 amide bonds. The van der Waals surface area contributed by atoms with Crippen molar-refractivity contribution in [3.05, 3.63) is 6.42 Å². The second kappa shape index (κ2) is 4.13.